The first kappa shape index (κ1) is 32.0. The number of rotatable bonds is 14. The zero-order chi connectivity index (χ0) is 30.7. The smallest absolute Gasteiger partial charge is 0.339 e. The van der Waals surface area contributed by atoms with Gasteiger partial charge in [-0.1, -0.05) is 31.5 Å². The third kappa shape index (κ3) is 10.2. The van der Waals surface area contributed by atoms with E-state index in [1.807, 2.05) is 20.8 Å². The van der Waals surface area contributed by atoms with Gasteiger partial charge in [0.05, 0.1) is 12.2 Å². The highest BCUT2D eigenvalue weighted by Crippen LogP contribution is 2.20. The number of hydrogen-bond donors (Lipinski definition) is 1. The van der Waals surface area contributed by atoms with Gasteiger partial charge in [0.2, 0.25) is 5.91 Å². The molecule has 0 bridgehead atoms. The summed E-state index contributed by atoms with van der Waals surface area (Å²) in [4.78, 5) is 48.6. The summed E-state index contributed by atoms with van der Waals surface area (Å²) < 4.78 is 40.1. The van der Waals surface area contributed by atoms with Crippen molar-refractivity contribution < 1.29 is 41.3 Å². The van der Waals surface area contributed by atoms with Crippen molar-refractivity contribution in [3.8, 4) is 5.75 Å². The lowest BCUT2D eigenvalue weighted by atomic mass is 10.1. The van der Waals surface area contributed by atoms with Gasteiger partial charge in [0.25, 0.3) is 0 Å². The van der Waals surface area contributed by atoms with Crippen molar-refractivity contribution in [1.29, 1.82) is 0 Å². The van der Waals surface area contributed by atoms with Crippen LogP contribution in [0.25, 0.3) is 0 Å². The van der Waals surface area contributed by atoms with Crippen LogP contribution in [-0.2, 0) is 29.2 Å². The van der Waals surface area contributed by atoms with Crippen molar-refractivity contribution >= 4 is 39.4 Å². The van der Waals surface area contributed by atoms with Gasteiger partial charge in [0.15, 0.2) is 12.4 Å². The summed E-state index contributed by atoms with van der Waals surface area (Å²) in [6.45, 7) is 5.53. The normalized spacial score (nSPS) is 11.0. The Morgan fingerprint density at radius 3 is 2.02 bits per heavy atom. The van der Waals surface area contributed by atoms with Crippen molar-refractivity contribution in [3.63, 3.8) is 0 Å². The summed E-state index contributed by atoms with van der Waals surface area (Å²) in [6.07, 6.45) is 0.194. The number of aryl methyl sites for hydroxylation is 1. The molecule has 42 heavy (non-hydrogen) atoms. The Morgan fingerprint density at radius 1 is 0.786 bits per heavy atom. The average Bonchev–Trinajstić information content (AvgIpc) is 2.95. The molecule has 1 amide bonds. The number of anilines is 1. The van der Waals surface area contributed by atoms with Gasteiger partial charge in [-0.05, 0) is 79.9 Å². The maximum absolute atomic E-state index is 12.4. The second-order valence-electron chi connectivity index (χ2n) is 9.93. The van der Waals surface area contributed by atoms with E-state index in [1.165, 1.54) is 36.4 Å². The third-order valence-electron chi connectivity index (χ3n) is 5.79. The highest BCUT2D eigenvalue weighted by atomic mass is 32.2. The molecule has 0 heterocycles. The fraction of sp³-hybridized carbons (Fsp3) is 0.290. The van der Waals surface area contributed by atoms with Crippen LogP contribution in [0.15, 0.2) is 77.7 Å². The molecule has 0 saturated carbocycles. The first-order valence-corrected chi connectivity index (χ1v) is 14.7. The first-order chi connectivity index (χ1) is 19.9. The maximum Gasteiger partial charge on any atom is 0.339 e. The van der Waals surface area contributed by atoms with Crippen molar-refractivity contribution in [2.75, 3.05) is 18.5 Å². The van der Waals surface area contributed by atoms with Gasteiger partial charge in [-0.2, -0.15) is 8.42 Å². The van der Waals surface area contributed by atoms with E-state index in [2.05, 4.69) is 5.32 Å². The molecule has 1 N–H and O–H groups in total. The van der Waals surface area contributed by atoms with Gasteiger partial charge in [0, 0.05) is 24.1 Å². The summed E-state index contributed by atoms with van der Waals surface area (Å²) >= 11 is 0. The third-order valence-corrected chi connectivity index (χ3v) is 7.05. The Kier molecular flexibility index (Phi) is 11.4. The van der Waals surface area contributed by atoms with Gasteiger partial charge < -0.3 is 19.0 Å². The zero-order valence-corrected chi connectivity index (χ0v) is 24.4. The zero-order valence-electron chi connectivity index (χ0n) is 23.6. The molecule has 3 aromatic carbocycles. The molecule has 11 heteroatoms. The lowest BCUT2D eigenvalue weighted by Crippen LogP contribution is -2.16. The van der Waals surface area contributed by atoms with Crippen LogP contribution in [0, 0.1) is 12.8 Å². The van der Waals surface area contributed by atoms with Gasteiger partial charge in [-0.3, -0.25) is 14.4 Å². The monoisotopic (exact) mass is 595 g/mol. The number of ether oxygens (including phenoxy) is 2. The van der Waals surface area contributed by atoms with E-state index in [1.54, 1.807) is 36.4 Å². The topological polar surface area (TPSA) is 142 Å². The second-order valence-corrected chi connectivity index (χ2v) is 11.5. The molecule has 0 fully saturated rings. The Hall–Kier alpha value is -4.51. The van der Waals surface area contributed by atoms with E-state index in [0.29, 0.717) is 17.9 Å². The highest BCUT2D eigenvalue weighted by molar-refractivity contribution is 7.87. The highest BCUT2D eigenvalue weighted by Gasteiger charge is 2.17. The number of esters is 2. The van der Waals surface area contributed by atoms with Crippen LogP contribution in [0.1, 0.15) is 59.4 Å². The summed E-state index contributed by atoms with van der Waals surface area (Å²) in [5, 5.41) is 2.69. The van der Waals surface area contributed by atoms with Crippen molar-refractivity contribution in [1.82, 2.24) is 0 Å². The average molecular weight is 596 g/mol. The summed E-state index contributed by atoms with van der Waals surface area (Å²) in [7, 11) is -4.03. The molecule has 3 rings (SSSR count). The Bertz CT molecular complexity index is 1500. The van der Waals surface area contributed by atoms with Crippen molar-refractivity contribution in [2.24, 2.45) is 5.92 Å². The lowest BCUT2D eigenvalue weighted by Gasteiger charge is -2.09. The SMILES string of the molecule is Cc1ccc(S(=O)(=O)Oc2ccc(C(=O)COC(=O)CCCC(=O)Nc3ccc(C(=O)OCC(C)C)cc3)cc2)cc1. The van der Waals surface area contributed by atoms with Gasteiger partial charge in [-0.15, -0.1) is 0 Å². The minimum Gasteiger partial charge on any atom is -0.462 e. The summed E-state index contributed by atoms with van der Waals surface area (Å²) in [6, 6.07) is 17.9. The number of benzene rings is 3. The fourth-order valence-corrected chi connectivity index (χ4v) is 4.44. The standard InChI is InChI=1S/C31H33NO9S/c1-21(2)19-40-31(36)24-9-13-25(14-10-24)32-29(34)5-4-6-30(35)39-20-28(33)23-11-15-26(16-12-23)41-42(37,38)27-17-7-22(3)8-18-27/h7-18,21H,4-6,19-20H2,1-3H3,(H,32,34). The first-order valence-electron chi connectivity index (χ1n) is 13.3. The quantitative estimate of drug-likeness (QED) is 0.153. The number of carbonyl (C=O) groups is 4. The molecular formula is C31H33NO9S. The largest absolute Gasteiger partial charge is 0.462 e. The van der Waals surface area contributed by atoms with Crippen molar-refractivity contribution in [2.45, 2.75) is 44.9 Å². The number of carbonyl (C=O) groups excluding carboxylic acids is 4. The molecule has 10 nitrogen and oxygen atoms in total. The molecule has 222 valence electrons. The van der Waals surface area contributed by atoms with Crippen LogP contribution < -0.4 is 9.50 Å². The van der Waals surface area contributed by atoms with Gasteiger partial charge >= 0.3 is 22.1 Å². The minimum atomic E-state index is -4.03. The number of hydrogen-bond acceptors (Lipinski definition) is 9. The van der Waals surface area contributed by atoms with E-state index in [0.717, 1.165) is 5.56 Å². The molecule has 0 unspecified atom stereocenters. The molecule has 0 atom stereocenters. The van der Waals surface area contributed by atoms with E-state index in [9.17, 15) is 27.6 Å². The van der Waals surface area contributed by atoms with E-state index in [4.69, 9.17) is 13.7 Å². The predicted molar refractivity (Wildman–Crippen MR) is 155 cm³/mol. The number of amides is 1. The predicted octanol–water partition coefficient (Wildman–Crippen LogP) is 5.11. The summed E-state index contributed by atoms with van der Waals surface area (Å²) in [5.74, 6) is -1.62. The number of nitrogens with one attached hydrogen (secondary N) is 1. The molecule has 0 aliphatic rings. The van der Waals surface area contributed by atoms with Crippen LogP contribution in [0.5, 0.6) is 5.75 Å². The van der Waals surface area contributed by atoms with Crippen LogP contribution in [0.4, 0.5) is 5.69 Å². The Balaban J connectivity index is 1.37. The van der Waals surface area contributed by atoms with E-state index >= 15 is 0 Å². The molecular weight excluding hydrogens is 562 g/mol. The van der Waals surface area contributed by atoms with Crippen LogP contribution in [-0.4, -0.2) is 45.3 Å². The maximum atomic E-state index is 12.4. The molecule has 0 spiro atoms. The summed E-state index contributed by atoms with van der Waals surface area (Å²) in [5.41, 5.74) is 1.99. The fourth-order valence-electron chi connectivity index (χ4n) is 3.51. The van der Waals surface area contributed by atoms with E-state index in [-0.39, 0.29) is 47.3 Å². The number of Topliss-reactive ketones (excluding diaryl/α,β-unsaturated/α-hetero) is 1. The molecule has 3 aromatic rings. The molecule has 0 aromatic heterocycles. The van der Waals surface area contributed by atoms with Crippen LogP contribution in [0.2, 0.25) is 0 Å². The molecule has 0 aliphatic carbocycles. The minimum absolute atomic E-state index is 0.00688. The molecule has 0 saturated heterocycles. The number of ketones is 1. The van der Waals surface area contributed by atoms with Crippen LogP contribution in [0.3, 0.4) is 0 Å². The van der Waals surface area contributed by atoms with Crippen LogP contribution >= 0.6 is 0 Å². The second kappa shape index (κ2) is 14.9. The van der Waals surface area contributed by atoms with Gasteiger partial charge in [0.1, 0.15) is 10.6 Å². The Morgan fingerprint density at radius 2 is 1.40 bits per heavy atom. The molecule has 0 aliphatic heterocycles. The lowest BCUT2D eigenvalue weighted by molar-refractivity contribution is -0.142. The van der Waals surface area contributed by atoms with Crippen molar-refractivity contribution in [3.05, 3.63) is 89.5 Å². The molecule has 0 radical (unpaired) electrons. The van der Waals surface area contributed by atoms with Gasteiger partial charge in [-0.25, -0.2) is 4.79 Å². The van der Waals surface area contributed by atoms with E-state index < -0.39 is 34.4 Å². The Labute approximate surface area is 245 Å².